The number of amides is 2. The Hall–Kier alpha value is -2.76. The molecule has 2 amide bonds. The lowest BCUT2D eigenvalue weighted by Gasteiger charge is -2.06. The topological polar surface area (TPSA) is 58.2 Å². The van der Waals surface area contributed by atoms with Crippen LogP contribution < -0.4 is 10.6 Å². The summed E-state index contributed by atoms with van der Waals surface area (Å²) in [5, 5.41) is 4.47. The van der Waals surface area contributed by atoms with Crippen molar-refractivity contribution in [2.45, 2.75) is 0 Å². The van der Waals surface area contributed by atoms with Crippen LogP contribution >= 0.6 is 0 Å². The number of hydrogen-bond acceptors (Lipinski definition) is 2. The van der Waals surface area contributed by atoms with E-state index in [9.17, 15) is 18.4 Å². The molecular formula is C14H10F2N2O2. The van der Waals surface area contributed by atoms with Crippen LogP contribution in [0, 0.1) is 11.6 Å². The standard InChI is InChI=1S/C14H10F2N2O2/c15-9-3-1-5-11(7-9)17-13(19)14(20)18-12-6-2-4-10(16)8-12/h1-8H,(H,17,19)(H,18,20). The number of hydrogen-bond donors (Lipinski definition) is 2. The third-order valence-electron chi connectivity index (χ3n) is 2.37. The van der Waals surface area contributed by atoms with Gasteiger partial charge < -0.3 is 10.6 Å². The Labute approximate surface area is 113 Å². The number of anilines is 2. The van der Waals surface area contributed by atoms with Crippen molar-refractivity contribution in [1.29, 1.82) is 0 Å². The van der Waals surface area contributed by atoms with Crippen LogP contribution in [0.15, 0.2) is 48.5 Å². The highest BCUT2D eigenvalue weighted by Gasteiger charge is 2.14. The molecule has 0 unspecified atom stereocenters. The SMILES string of the molecule is O=C(Nc1cccc(F)c1)C(=O)Nc1cccc(F)c1. The van der Waals surface area contributed by atoms with Gasteiger partial charge in [-0.1, -0.05) is 12.1 Å². The average Bonchev–Trinajstić information content (AvgIpc) is 2.38. The molecule has 0 atom stereocenters. The van der Waals surface area contributed by atoms with Gasteiger partial charge in [-0.3, -0.25) is 9.59 Å². The second-order valence-electron chi connectivity index (χ2n) is 3.93. The first kappa shape index (κ1) is 13.7. The summed E-state index contributed by atoms with van der Waals surface area (Å²) in [7, 11) is 0. The molecule has 0 aromatic heterocycles. The molecule has 0 bridgehead atoms. The molecule has 2 aromatic rings. The van der Waals surface area contributed by atoms with Crippen LogP contribution in [0.2, 0.25) is 0 Å². The van der Waals surface area contributed by atoms with Gasteiger partial charge in [-0.05, 0) is 36.4 Å². The van der Waals surface area contributed by atoms with E-state index in [4.69, 9.17) is 0 Å². The minimum absolute atomic E-state index is 0.157. The van der Waals surface area contributed by atoms with Crippen LogP contribution in [0.1, 0.15) is 0 Å². The van der Waals surface area contributed by atoms with Crippen molar-refractivity contribution in [3.8, 4) is 0 Å². The minimum Gasteiger partial charge on any atom is -0.318 e. The van der Waals surface area contributed by atoms with Crippen LogP contribution in [0.5, 0.6) is 0 Å². The van der Waals surface area contributed by atoms with Gasteiger partial charge in [0.05, 0.1) is 0 Å². The molecule has 2 rings (SSSR count). The van der Waals surface area contributed by atoms with Gasteiger partial charge in [0.2, 0.25) is 0 Å². The summed E-state index contributed by atoms with van der Waals surface area (Å²) in [5.41, 5.74) is 0.314. The Kier molecular flexibility index (Phi) is 4.05. The highest BCUT2D eigenvalue weighted by molar-refractivity contribution is 6.43. The van der Waals surface area contributed by atoms with Crippen molar-refractivity contribution >= 4 is 23.2 Å². The number of carbonyl (C=O) groups is 2. The molecule has 0 aliphatic carbocycles. The predicted molar refractivity (Wildman–Crippen MR) is 70.1 cm³/mol. The summed E-state index contributed by atoms with van der Waals surface area (Å²) in [6.07, 6.45) is 0. The van der Waals surface area contributed by atoms with Gasteiger partial charge in [-0.25, -0.2) is 8.78 Å². The zero-order valence-electron chi connectivity index (χ0n) is 10.2. The molecule has 0 spiro atoms. The Morgan fingerprint density at radius 1 is 0.750 bits per heavy atom. The molecular weight excluding hydrogens is 266 g/mol. The number of nitrogens with one attached hydrogen (secondary N) is 2. The first-order valence-corrected chi connectivity index (χ1v) is 5.68. The van der Waals surface area contributed by atoms with E-state index >= 15 is 0 Å². The molecule has 0 radical (unpaired) electrons. The van der Waals surface area contributed by atoms with Crippen LogP contribution in [-0.2, 0) is 9.59 Å². The van der Waals surface area contributed by atoms with Gasteiger partial charge >= 0.3 is 11.8 Å². The van der Waals surface area contributed by atoms with Crippen molar-refractivity contribution in [2.75, 3.05) is 10.6 Å². The van der Waals surface area contributed by atoms with E-state index in [2.05, 4.69) is 10.6 Å². The fourth-order valence-corrected chi connectivity index (χ4v) is 1.51. The second kappa shape index (κ2) is 5.92. The summed E-state index contributed by atoms with van der Waals surface area (Å²) in [6, 6.07) is 10.3. The third-order valence-corrected chi connectivity index (χ3v) is 2.37. The fourth-order valence-electron chi connectivity index (χ4n) is 1.51. The molecule has 2 N–H and O–H groups in total. The predicted octanol–water partition coefficient (Wildman–Crippen LogP) is 2.54. The highest BCUT2D eigenvalue weighted by atomic mass is 19.1. The molecule has 0 aliphatic heterocycles. The van der Waals surface area contributed by atoms with Crippen LogP contribution in [0.25, 0.3) is 0 Å². The largest absolute Gasteiger partial charge is 0.318 e. The van der Waals surface area contributed by atoms with E-state index < -0.39 is 23.4 Å². The number of rotatable bonds is 2. The lowest BCUT2D eigenvalue weighted by molar-refractivity contribution is -0.133. The van der Waals surface area contributed by atoms with E-state index in [1.165, 1.54) is 36.4 Å². The van der Waals surface area contributed by atoms with Gasteiger partial charge in [0, 0.05) is 11.4 Å². The van der Waals surface area contributed by atoms with Gasteiger partial charge in [-0.2, -0.15) is 0 Å². The van der Waals surface area contributed by atoms with Gasteiger partial charge in [-0.15, -0.1) is 0 Å². The first-order chi connectivity index (χ1) is 9.54. The number of halogens is 2. The molecule has 0 fully saturated rings. The monoisotopic (exact) mass is 276 g/mol. The highest BCUT2D eigenvalue weighted by Crippen LogP contribution is 2.11. The molecule has 0 aliphatic rings. The number of carbonyl (C=O) groups excluding carboxylic acids is 2. The van der Waals surface area contributed by atoms with E-state index in [1.807, 2.05) is 0 Å². The molecule has 4 nitrogen and oxygen atoms in total. The first-order valence-electron chi connectivity index (χ1n) is 5.68. The van der Waals surface area contributed by atoms with Crippen LogP contribution in [0.3, 0.4) is 0 Å². The molecule has 0 saturated heterocycles. The molecule has 0 saturated carbocycles. The van der Waals surface area contributed by atoms with Crippen LogP contribution in [0.4, 0.5) is 20.2 Å². The molecule has 2 aromatic carbocycles. The van der Waals surface area contributed by atoms with Gasteiger partial charge in [0.25, 0.3) is 0 Å². The summed E-state index contributed by atoms with van der Waals surface area (Å²) in [5.74, 6) is -3.01. The Balaban J connectivity index is 2.01. The zero-order chi connectivity index (χ0) is 14.5. The normalized spacial score (nSPS) is 9.90. The molecule has 6 heteroatoms. The van der Waals surface area contributed by atoms with E-state index in [-0.39, 0.29) is 11.4 Å². The van der Waals surface area contributed by atoms with Crippen molar-refractivity contribution in [3.05, 3.63) is 60.2 Å². The summed E-state index contributed by atoms with van der Waals surface area (Å²) < 4.78 is 25.8. The summed E-state index contributed by atoms with van der Waals surface area (Å²) in [6.45, 7) is 0. The molecule has 102 valence electrons. The maximum Gasteiger partial charge on any atom is 0.314 e. The lowest BCUT2D eigenvalue weighted by atomic mass is 10.3. The van der Waals surface area contributed by atoms with Crippen molar-refractivity contribution < 1.29 is 18.4 Å². The summed E-state index contributed by atoms with van der Waals surface area (Å²) in [4.78, 5) is 23.1. The lowest BCUT2D eigenvalue weighted by Crippen LogP contribution is -2.29. The van der Waals surface area contributed by atoms with Crippen molar-refractivity contribution in [3.63, 3.8) is 0 Å². The minimum atomic E-state index is -0.972. The Bertz CT molecular complexity index is 602. The Morgan fingerprint density at radius 3 is 1.50 bits per heavy atom. The fraction of sp³-hybridized carbons (Fsp3) is 0. The number of benzene rings is 2. The third kappa shape index (κ3) is 3.61. The van der Waals surface area contributed by atoms with Gasteiger partial charge in [0.1, 0.15) is 11.6 Å². The van der Waals surface area contributed by atoms with E-state index in [1.54, 1.807) is 0 Å². The van der Waals surface area contributed by atoms with Crippen LogP contribution in [-0.4, -0.2) is 11.8 Å². The second-order valence-corrected chi connectivity index (χ2v) is 3.93. The summed E-state index contributed by atoms with van der Waals surface area (Å²) >= 11 is 0. The molecule has 0 heterocycles. The maximum absolute atomic E-state index is 12.9. The quantitative estimate of drug-likeness (QED) is 0.828. The average molecular weight is 276 g/mol. The van der Waals surface area contributed by atoms with Crippen molar-refractivity contribution in [2.24, 2.45) is 0 Å². The van der Waals surface area contributed by atoms with Crippen molar-refractivity contribution in [1.82, 2.24) is 0 Å². The Morgan fingerprint density at radius 2 is 1.15 bits per heavy atom. The van der Waals surface area contributed by atoms with E-state index in [0.717, 1.165) is 12.1 Å². The maximum atomic E-state index is 12.9. The van der Waals surface area contributed by atoms with E-state index in [0.29, 0.717) is 0 Å². The zero-order valence-corrected chi connectivity index (χ0v) is 10.2. The smallest absolute Gasteiger partial charge is 0.314 e. The van der Waals surface area contributed by atoms with Gasteiger partial charge in [0.15, 0.2) is 0 Å². The molecule has 20 heavy (non-hydrogen) atoms.